The SMILES string of the molecule is S=C(S)N1CC=NC1. The van der Waals surface area contributed by atoms with Gasteiger partial charge in [0, 0.05) is 6.21 Å². The summed E-state index contributed by atoms with van der Waals surface area (Å²) in [5, 5.41) is 0. The Bertz CT molecular complexity index is 124. The van der Waals surface area contributed by atoms with E-state index in [-0.39, 0.29) is 0 Å². The predicted molar refractivity (Wildman–Crippen MR) is 41.6 cm³/mol. The Morgan fingerprint density at radius 2 is 2.62 bits per heavy atom. The molecule has 0 aromatic rings. The van der Waals surface area contributed by atoms with Crippen molar-refractivity contribution in [2.24, 2.45) is 4.99 Å². The van der Waals surface area contributed by atoms with Crippen molar-refractivity contribution in [1.82, 2.24) is 4.90 Å². The van der Waals surface area contributed by atoms with Crippen LogP contribution in [0.5, 0.6) is 0 Å². The molecule has 1 aliphatic rings. The number of nitrogens with zero attached hydrogens (tertiary/aromatic N) is 2. The van der Waals surface area contributed by atoms with Gasteiger partial charge in [-0.25, -0.2) is 0 Å². The molecule has 0 fully saturated rings. The van der Waals surface area contributed by atoms with E-state index in [1.807, 2.05) is 11.1 Å². The van der Waals surface area contributed by atoms with Crippen LogP contribution >= 0.6 is 24.8 Å². The van der Waals surface area contributed by atoms with E-state index < -0.39 is 0 Å². The number of thiocarbonyl (C=S) groups is 1. The average molecular weight is 146 g/mol. The minimum Gasteiger partial charge on any atom is -0.333 e. The predicted octanol–water partition coefficient (Wildman–Crippen LogP) is 0.545. The van der Waals surface area contributed by atoms with E-state index >= 15 is 0 Å². The molecule has 0 atom stereocenters. The van der Waals surface area contributed by atoms with Gasteiger partial charge in [0.15, 0.2) is 0 Å². The van der Waals surface area contributed by atoms with Crippen LogP contribution in [0.15, 0.2) is 4.99 Å². The molecule has 4 heteroatoms. The van der Waals surface area contributed by atoms with E-state index in [4.69, 9.17) is 12.2 Å². The molecule has 0 saturated heterocycles. The smallest absolute Gasteiger partial charge is 0.135 e. The number of hydrogen-bond donors (Lipinski definition) is 1. The third-order valence-electron chi connectivity index (χ3n) is 0.954. The van der Waals surface area contributed by atoms with Gasteiger partial charge in [0.05, 0.1) is 6.54 Å². The first-order valence-corrected chi connectivity index (χ1v) is 3.12. The Kier molecular flexibility index (Phi) is 1.85. The maximum Gasteiger partial charge on any atom is 0.135 e. The summed E-state index contributed by atoms with van der Waals surface area (Å²) < 4.78 is 0.627. The number of aliphatic imine (C=N–C) groups is 1. The molecular formula is C4H6N2S2. The average Bonchev–Trinajstić information content (AvgIpc) is 2.12. The second-order valence-corrected chi connectivity index (χ2v) is 2.62. The first-order chi connectivity index (χ1) is 3.80. The third-order valence-corrected chi connectivity index (χ3v) is 1.50. The molecular weight excluding hydrogens is 140 g/mol. The molecule has 0 aromatic heterocycles. The monoisotopic (exact) mass is 146 g/mol. The topological polar surface area (TPSA) is 15.6 Å². The summed E-state index contributed by atoms with van der Waals surface area (Å²) in [5.74, 6) is 0. The van der Waals surface area contributed by atoms with E-state index in [0.29, 0.717) is 11.0 Å². The zero-order chi connectivity index (χ0) is 5.98. The van der Waals surface area contributed by atoms with Crippen LogP contribution in [0, 0.1) is 0 Å². The van der Waals surface area contributed by atoms with Gasteiger partial charge in [-0.1, -0.05) is 12.2 Å². The van der Waals surface area contributed by atoms with Gasteiger partial charge < -0.3 is 4.90 Å². The Morgan fingerprint density at radius 1 is 1.88 bits per heavy atom. The van der Waals surface area contributed by atoms with E-state index in [9.17, 15) is 0 Å². The van der Waals surface area contributed by atoms with Gasteiger partial charge >= 0.3 is 0 Å². The van der Waals surface area contributed by atoms with Crippen molar-refractivity contribution in [3.8, 4) is 0 Å². The number of thiol groups is 1. The van der Waals surface area contributed by atoms with Crippen LogP contribution in [0.4, 0.5) is 0 Å². The highest BCUT2D eigenvalue weighted by Gasteiger charge is 2.05. The first-order valence-electron chi connectivity index (χ1n) is 2.27. The second kappa shape index (κ2) is 2.46. The van der Waals surface area contributed by atoms with Crippen molar-refractivity contribution in [1.29, 1.82) is 0 Å². The zero-order valence-electron chi connectivity index (χ0n) is 4.24. The second-order valence-electron chi connectivity index (χ2n) is 1.51. The quantitative estimate of drug-likeness (QED) is 0.396. The van der Waals surface area contributed by atoms with Crippen molar-refractivity contribution < 1.29 is 0 Å². The standard InChI is InChI=1S/C4H6N2S2/c7-4(8)6-2-1-5-3-6/h1H,2-3H2,(H,7,8). The van der Waals surface area contributed by atoms with Crippen molar-refractivity contribution in [3.05, 3.63) is 0 Å². The lowest BCUT2D eigenvalue weighted by Gasteiger charge is -2.10. The molecule has 0 spiro atoms. The Morgan fingerprint density at radius 3 is 2.88 bits per heavy atom. The maximum absolute atomic E-state index is 4.77. The van der Waals surface area contributed by atoms with Gasteiger partial charge in [-0.05, 0) is 0 Å². The lowest BCUT2D eigenvalue weighted by Crippen LogP contribution is -2.22. The highest BCUT2D eigenvalue weighted by Crippen LogP contribution is 1.98. The molecule has 0 unspecified atom stereocenters. The molecule has 0 N–H and O–H groups in total. The zero-order valence-corrected chi connectivity index (χ0v) is 5.95. The van der Waals surface area contributed by atoms with Gasteiger partial charge in [-0.2, -0.15) is 0 Å². The summed E-state index contributed by atoms with van der Waals surface area (Å²) in [6, 6.07) is 0. The summed E-state index contributed by atoms with van der Waals surface area (Å²) in [5.41, 5.74) is 0. The van der Waals surface area contributed by atoms with Crippen LogP contribution in [-0.4, -0.2) is 28.6 Å². The summed E-state index contributed by atoms with van der Waals surface area (Å²) in [7, 11) is 0. The van der Waals surface area contributed by atoms with Gasteiger partial charge in [0.25, 0.3) is 0 Å². The molecule has 0 bridgehead atoms. The van der Waals surface area contributed by atoms with Crippen LogP contribution in [0.25, 0.3) is 0 Å². The van der Waals surface area contributed by atoms with Crippen molar-refractivity contribution in [3.63, 3.8) is 0 Å². The van der Waals surface area contributed by atoms with Crippen LogP contribution in [0.1, 0.15) is 0 Å². The van der Waals surface area contributed by atoms with Gasteiger partial charge in [0.1, 0.15) is 11.0 Å². The highest BCUT2D eigenvalue weighted by molar-refractivity contribution is 8.10. The number of hydrogen-bond acceptors (Lipinski definition) is 2. The van der Waals surface area contributed by atoms with E-state index in [1.54, 1.807) is 0 Å². The molecule has 1 aliphatic heterocycles. The lowest BCUT2D eigenvalue weighted by atomic mass is 10.7. The minimum atomic E-state index is 0.627. The largest absolute Gasteiger partial charge is 0.333 e. The Hall–Kier alpha value is -0.0900. The summed E-state index contributed by atoms with van der Waals surface area (Å²) in [6.45, 7) is 1.50. The van der Waals surface area contributed by atoms with Crippen LogP contribution < -0.4 is 0 Å². The molecule has 8 heavy (non-hydrogen) atoms. The van der Waals surface area contributed by atoms with Gasteiger partial charge in [-0.15, -0.1) is 12.6 Å². The Balaban J connectivity index is 2.41. The first kappa shape index (κ1) is 6.04. The molecule has 2 nitrogen and oxygen atoms in total. The lowest BCUT2D eigenvalue weighted by molar-refractivity contribution is 0.543. The summed E-state index contributed by atoms with van der Waals surface area (Å²) >= 11 is 8.74. The molecule has 0 amide bonds. The normalized spacial score (nSPS) is 17.4. The van der Waals surface area contributed by atoms with E-state index in [0.717, 1.165) is 6.54 Å². The van der Waals surface area contributed by atoms with Crippen LogP contribution in [0.2, 0.25) is 0 Å². The van der Waals surface area contributed by atoms with Gasteiger partial charge in [0.2, 0.25) is 0 Å². The number of rotatable bonds is 0. The molecule has 0 aliphatic carbocycles. The highest BCUT2D eigenvalue weighted by atomic mass is 32.1. The summed E-state index contributed by atoms with van der Waals surface area (Å²) in [6.07, 6.45) is 1.84. The van der Waals surface area contributed by atoms with Crippen molar-refractivity contribution >= 4 is 35.4 Å². The Labute approximate surface area is 59.0 Å². The minimum absolute atomic E-state index is 0.627. The van der Waals surface area contributed by atoms with Crippen LogP contribution in [0.3, 0.4) is 0 Å². The summed E-state index contributed by atoms with van der Waals surface area (Å²) in [4.78, 5) is 5.85. The maximum atomic E-state index is 4.77. The molecule has 1 rings (SSSR count). The molecule has 0 aromatic carbocycles. The van der Waals surface area contributed by atoms with Gasteiger partial charge in [-0.3, -0.25) is 4.99 Å². The molecule has 1 heterocycles. The third kappa shape index (κ3) is 1.20. The fourth-order valence-corrected chi connectivity index (χ4v) is 0.786. The fraction of sp³-hybridized carbons (Fsp3) is 0.500. The van der Waals surface area contributed by atoms with E-state index in [1.165, 1.54) is 0 Å². The fourth-order valence-electron chi connectivity index (χ4n) is 0.509. The van der Waals surface area contributed by atoms with Crippen LogP contribution in [-0.2, 0) is 0 Å². The molecule has 0 radical (unpaired) electrons. The molecule has 0 saturated carbocycles. The van der Waals surface area contributed by atoms with E-state index in [2.05, 4.69) is 17.6 Å². The van der Waals surface area contributed by atoms with Crippen molar-refractivity contribution in [2.45, 2.75) is 0 Å². The molecule has 44 valence electrons. The van der Waals surface area contributed by atoms with Crippen molar-refractivity contribution in [2.75, 3.05) is 13.2 Å².